The molecular formula is C20H22N4O3S2. The van der Waals surface area contributed by atoms with Crippen molar-refractivity contribution >= 4 is 51.5 Å². The van der Waals surface area contributed by atoms with Crippen LogP contribution in [0, 0.1) is 0 Å². The van der Waals surface area contributed by atoms with Gasteiger partial charge in [0, 0.05) is 36.7 Å². The molecule has 1 aliphatic carbocycles. The number of benzene rings is 1. The molecule has 1 aliphatic heterocycles. The number of nitrogens with zero attached hydrogens (tertiary/aromatic N) is 4. The van der Waals surface area contributed by atoms with Crippen molar-refractivity contribution in [3.63, 3.8) is 0 Å². The minimum Gasteiger partial charge on any atom is -0.312 e. The Morgan fingerprint density at radius 3 is 2.62 bits per heavy atom. The summed E-state index contributed by atoms with van der Waals surface area (Å²) in [5.41, 5.74) is 1.45. The van der Waals surface area contributed by atoms with Gasteiger partial charge in [-0.1, -0.05) is 30.0 Å². The van der Waals surface area contributed by atoms with Gasteiger partial charge in [-0.3, -0.25) is 19.3 Å². The first-order valence-corrected chi connectivity index (χ1v) is 11.6. The normalized spacial score (nSPS) is 16.3. The zero-order valence-electron chi connectivity index (χ0n) is 16.2. The van der Waals surface area contributed by atoms with E-state index in [-0.39, 0.29) is 29.4 Å². The van der Waals surface area contributed by atoms with E-state index >= 15 is 0 Å². The monoisotopic (exact) mass is 430 g/mol. The van der Waals surface area contributed by atoms with Gasteiger partial charge in [-0.2, -0.15) is 0 Å². The smallest absolute Gasteiger partial charge is 0.228 e. The number of carbonyl (C=O) groups is 3. The molecule has 0 bridgehead atoms. The molecule has 0 radical (unpaired) electrons. The summed E-state index contributed by atoms with van der Waals surface area (Å²) in [6, 6.07) is 7.44. The molecule has 0 unspecified atom stereocenters. The van der Waals surface area contributed by atoms with Gasteiger partial charge < -0.3 is 4.90 Å². The van der Waals surface area contributed by atoms with Gasteiger partial charge in [-0.15, -0.1) is 10.2 Å². The molecule has 1 saturated heterocycles. The van der Waals surface area contributed by atoms with Crippen molar-refractivity contribution in [1.82, 2.24) is 10.2 Å². The zero-order valence-corrected chi connectivity index (χ0v) is 17.8. The van der Waals surface area contributed by atoms with Crippen LogP contribution in [0.5, 0.6) is 0 Å². The van der Waals surface area contributed by atoms with E-state index in [4.69, 9.17) is 0 Å². The van der Waals surface area contributed by atoms with Crippen molar-refractivity contribution in [2.75, 3.05) is 22.1 Å². The Balaban J connectivity index is 1.35. The van der Waals surface area contributed by atoms with Crippen LogP contribution in [0.2, 0.25) is 0 Å². The fraction of sp³-hybridized carbons (Fsp3) is 0.450. The van der Waals surface area contributed by atoms with Crippen LogP contribution in [-0.4, -0.2) is 46.1 Å². The number of thioether (sulfide) groups is 1. The standard InChI is InChI=1S/C20H22N4O3S2/c1-2-17(26)24(15-9-10-15)19-21-22-20(29-19)28-12-16(25)13-5-7-14(8-6-13)23-11-3-4-18(23)27/h5-8,15H,2-4,9-12H2,1H3. The third-order valence-electron chi connectivity index (χ3n) is 4.99. The minimum atomic E-state index is -0.00488. The lowest BCUT2D eigenvalue weighted by Crippen LogP contribution is -2.32. The molecule has 152 valence electrons. The second-order valence-electron chi connectivity index (χ2n) is 7.11. The first kappa shape index (κ1) is 20.0. The van der Waals surface area contributed by atoms with Crippen LogP contribution in [0.4, 0.5) is 10.8 Å². The van der Waals surface area contributed by atoms with E-state index in [0.717, 1.165) is 31.5 Å². The highest BCUT2D eigenvalue weighted by atomic mass is 32.2. The Morgan fingerprint density at radius 2 is 2.00 bits per heavy atom. The molecule has 2 amide bonds. The van der Waals surface area contributed by atoms with Crippen molar-refractivity contribution in [1.29, 1.82) is 0 Å². The van der Waals surface area contributed by atoms with Gasteiger partial charge in [0.25, 0.3) is 0 Å². The molecule has 0 N–H and O–H groups in total. The van der Waals surface area contributed by atoms with Gasteiger partial charge in [0.2, 0.25) is 16.9 Å². The van der Waals surface area contributed by atoms with E-state index in [1.54, 1.807) is 21.9 Å². The van der Waals surface area contributed by atoms with Crippen LogP contribution in [0.15, 0.2) is 28.6 Å². The first-order chi connectivity index (χ1) is 14.1. The third-order valence-corrected chi connectivity index (χ3v) is 7.04. The zero-order chi connectivity index (χ0) is 20.4. The average Bonchev–Trinajstić information content (AvgIpc) is 3.29. The molecule has 1 aromatic heterocycles. The van der Waals surface area contributed by atoms with Crippen LogP contribution in [-0.2, 0) is 9.59 Å². The lowest BCUT2D eigenvalue weighted by molar-refractivity contribution is -0.118. The Labute approximate surface area is 177 Å². The predicted octanol–water partition coefficient (Wildman–Crippen LogP) is 3.55. The molecule has 4 rings (SSSR count). The number of rotatable bonds is 8. The Hall–Kier alpha value is -2.26. The number of aromatic nitrogens is 2. The Morgan fingerprint density at radius 1 is 1.24 bits per heavy atom. The molecule has 2 aliphatic rings. The van der Waals surface area contributed by atoms with Gasteiger partial charge in [-0.25, -0.2) is 0 Å². The maximum atomic E-state index is 12.5. The molecule has 0 atom stereocenters. The van der Waals surface area contributed by atoms with Gasteiger partial charge in [-0.05, 0) is 43.5 Å². The van der Waals surface area contributed by atoms with Crippen LogP contribution >= 0.6 is 23.1 Å². The minimum absolute atomic E-state index is 0.00488. The number of amides is 2. The maximum Gasteiger partial charge on any atom is 0.228 e. The summed E-state index contributed by atoms with van der Waals surface area (Å²) in [6.07, 6.45) is 3.91. The van der Waals surface area contributed by atoms with Crippen molar-refractivity contribution < 1.29 is 14.4 Å². The summed E-state index contributed by atoms with van der Waals surface area (Å²) in [4.78, 5) is 40.0. The van der Waals surface area contributed by atoms with Crippen LogP contribution in [0.3, 0.4) is 0 Å². The summed E-state index contributed by atoms with van der Waals surface area (Å²) in [5, 5.41) is 8.93. The quantitative estimate of drug-likeness (QED) is 0.362. The topological polar surface area (TPSA) is 83.5 Å². The molecule has 2 aromatic rings. The largest absolute Gasteiger partial charge is 0.312 e. The lowest BCUT2D eigenvalue weighted by Gasteiger charge is -2.17. The molecule has 9 heteroatoms. The summed E-state index contributed by atoms with van der Waals surface area (Å²) in [6.45, 7) is 2.58. The number of carbonyl (C=O) groups excluding carboxylic acids is 3. The van der Waals surface area contributed by atoms with Crippen molar-refractivity contribution in [2.24, 2.45) is 0 Å². The van der Waals surface area contributed by atoms with Gasteiger partial charge in [0.1, 0.15) is 0 Å². The molecule has 1 saturated carbocycles. The second kappa shape index (κ2) is 8.62. The van der Waals surface area contributed by atoms with Gasteiger partial charge in [0.05, 0.1) is 5.75 Å². The highest BCUT2D eigenvalue weighted by Gasteiger charge is 2.35. The van der Waals surface area contributed by atoms with Crippen LogP contribution < -0.4 is 9.80 Å². The molecule has 29 heavy (non-hydrogen) atoms. The van der Waals surface area contributed by atoms with E-state index < -0.39 is 0 Å². The highest BCUT2D eigenvalue weighted by Crippen LogP contribution is 2.36. The van der Waals surface area contributed by atoms with Crippen LogP contribution in [0.1, 0.15) is 49.4 Å². The number of hydrogen-bond donors (Lipinski definition) is 0. The highest BCUT2D eigenvalue weighted by molar-refractivity contribution is 8.01. The first-order valence-electron chi connectivity index (χ1n) is 9.79. The molecule has 0 spiro atoms. The molecule has 2 heterocycles. The van der Waals surface area contributed by atoms with E-state index in [9.17, 15) is 14.4 Å². The van der Waals surface area contributed by atoms with E-state index in [1.165, 1.54) is 23.1 Å². The summed E-state index contributed by atoms with van der Waals surface area (Å²) in [5.74, 6) is 0.443. The average molecular weight is 431 g/mol. The summed E-state index contributed by atoms with van der Waals surface area (Å²) in [7, 11) is 0. The SMILES string of the molecule is CCC(=O)N(c1nnc(SCC(=O)c2ccc(N3CCCC3=O)cc2)s1)C1CC1. The fourth-order valence-electron chi connectivity index (χ4n) is 3.29. The van der Waals surface area contributed by atoms with Gasteiger partial charge in [0.15, 0.2) is 10.1 Å². The second-order valence-corrected chi connectivity index (χ2v) is 9.29. The maximum absolute atomic E-state index is 12.5. The number of anilines is 2. The van der Waals surface area contributed by atoms with Crippen molar-refractivity contribution in [2.45, 2.75) is 49.4 Å². The third kappa shape index (κ3) is 4.51. The molecule has 2 fully saturated rings. The molecule has 1 aromatic carbocycles. The Bertz CT molecular complexity index is 924. The van der Waals surface area contributed by atoms with E-state index in [0.29, 0.717) is 27.9 Å². The van der Waals surface area contributed by atoms with E-state index in [2.05, 4.69) is 10.2 Å². The summed E-state index contributed by atoms with van der Waals surface area (Å²) >= 11 is 2.69. The van der Waals surface area contributed by atoms with Gasteiger partial charge >= 0.3 is 0 Å². The predicted molar refractivity (Wildman–Crippen MR) is 114 cm³/mol. The lowest BCUT2D eigenvalue weighted by atomic mass is 10.1. The Kier molecular flexibility index (Phi) is 5.96. The molecular weight excluding hydrogens is 408 g/mol. The fourth-order valence-corrected chi connectivity index (χ4v) is 5.11. The van der Waals surface area contributed by atoms with Crippen molar-refractivity contribution in [3.8, 4) is 0 Å². The van der Waals surface area contributed by atoms with E-state index in [1.807, 2.05) is 19.1 Å². The number of Topliss-reactive ketones (excluding diaryl/α,β-unsaturated/α-hetero) is 1. The van der Waals surface area contributed by atoms with Crippen molar-refractivity contribution in [3.05, 3.63) is 29.8 Å². The number of hydrogen-bond acceptors (Lipinski definition) is 7. The molecule has 7 nitrogen and oxygen atoms in total. The number of ketones is 1. The summed E-state index contributed by atoms with van der Waals surface area (Å²) < 4.78 is 0.683. The van der Waals surface area contributed by atoms with Crippen LogP contribution in [0.25, 0.3) is 0 Å².